The SMILES string of the molecule is O=C(O)c1ccc2c(=O)n3ccccc3nc2c1. The van der Waals surface area contributed by atoms with Crippen LogP contribution in [0.2, 0.25) is 0 Å². The fourth-order valence-electron chi connectivity index (χ4n) is 1.89. The summed E-state index contributed by atoms with van der Waals surface area (Å²) in [6, 6.07) is 9.53. The first-order valence-corrected chi connectivity index (χ1v) is 5.31. The van der Waals surface area contributed by atoms with Crippen LogP contribution in [0.4, 0.5) is 0 Å². The predicted octanol–water partition coefficient (Wildman–Crippen LogP) is 1.55. The van der Waals surface area contributed by atoms with Crippen molar-refractivity contribution in [2.24, 2.45) is 0 Å². The van der Waals surface area contributed by atoms with Gasteiger partial charge in [-0.1, -0.05) is 6.07 Å². The Kier molecular flexibility index (Phi) is 2.13. The first-order valence-electron chi connectivity index (χ1n) is 5.31. The monoisotopic (exact) mass is 240 g/mol. The molecule has 0 fully saturated rings. The summed E-state index contributed by atoms with van der Waals surface area (Å²) in [5.41, 5.74) is 0.811. The van der Waals surface area contributed by atoms with Crippen molar-refractivity contribution in [3.63, 3.8) is 0 Å². The molecule has 3 rings (SSSR count). The number of carbonyl (C=O) groups is 1. The summed E-state index contributed by atoms with van der Waals surface area (Å²) in [4.78, 5) is 27.3. The first-order chi connectivity index (χ1) is 8.66. The van der Waals surface area contributed by atoms with E-state index in [1.807, 2.05) is 0 Å². The van der Waals surface area contributed by atoms with Crippen LogP contribution in [0.3, 0.4) is 0 Å². The molecule has 0 saturated heterocycles. The summed E-state index contributed by atoms with van der Waals surface area (Å²) >= 11 is 0. The van der Waals surface area contributed by atoms with E-state index in [9.17, 15) is 9.59 Å². The lowest BCUT2D eigenvalue weighted by atomic mass is 10.1. The van der Waals surface area contributed by atoms with Crippen molar-refractivity contribution in [3.8, 4) is 0 Å². The lowest BCUT2D eigenvalue weighted by Gasteiger charge is -2.03. The Hall–Kier alpha value is -2.69. The molecule has 0 spiro atoms. The molecule has 18 heavy (non-hydrogen) atoms. The Bertz CT molecular complexity index is 836. The van der Waals surface area contributed by atoms with E-state index in [4.69, 9.17) is 5.11 Å². The van der Waals surface area contributed by atoms with Crippen molar-refractivity contribution in [1.82, 2.24) is 9.38 Å². The molecule has 5 nitrogen and oxygen atoms in total. The van der Waals surface area contributed by atoms with Gasteiger partial charge in [-0.05, 0) is 30.3 Å². The van der Waals surface area contributed by atoms with Gasteiger partial charge < -0.3 is 5.11 Å². The molecule has 0 radical (unpaired) electrons. The highest BCUT2D eigenvalue weighted by Gasteiger charge is 2.08. The van der Waals surface area contributed by atoms with Gasteiger partial charge in [0.05, 0.1) is 16.5 Å². The van der Waals surface area contributed by atoms with E-state index in [0.29, 0.717) is 16.6 Å². The van der Waals surface area contributed by atoms with Crippen LogP contribution in [0.1, 0.15) is 10.4 Å². The van der Waals surface area contributed by atoms with Gasteiger partial charge in [0, 0.05) is 6.20 Å². The van der Waals surface area contributed by atoms with Gasteiger partial charge in [-0.2, -0.15) is 0 Å². The van der Waals surface area contributed by atoms with Crippen molar-refractivity contribution in [1.29, 1.82) is 0 Å². The molecule has 88 valence electrons. The van der Waals surface area contributed by atoms with Crippen molar-refractivity contribution >= 4 is 22.5 Å². The molecule has 5 heteroatoms. The Morgan fingerprint density at radius 2 is 2.06 bits per heavy atom. The molecule has 3 aromatic rings. The van der Waals surface area contributed by atoms with Crippen molar-refractivity contribution in [2.75, 3.05) is 0 Å². The fraction of sp³-hybridized carbons (Fsp3) is 0. The van der Waals surface area contributed by atoms with Gasteiger partial charge >= 0.3 is 5.97 Å². The number of aromatic carboxylic acids is 1. The molecule has 0 amide bonds. The lowest BCUT2D eigenvalue weighted by molar-refractivity contribution is 0.0697. The lowest BCUT2D eigenvalue weighted by Crippen LogP contribution is -2.15. The number of rotatable bonds is 1. The molecule has 0 aliphatic carbocycles. The molecule has 0 bridgehead atoms. The van der Waals surface area contributed by atoms with Crippen LogP contribution < -0.4 is 5.56 Å². The molecular formula is C13H8N2O3. The fourth-order valence-corrected chi connectivity index (χ4v) is 1.89. The summed E-state index contributed by atoms with van der Waals surface area (Å²) in [6.07, 6.45) is 1.63. The van der Waals surface area contributed by atoms with Crippen LogP contribution in [0.25, 0.3) is 16.6 Å². The van der Waals surface area contributed by atoms with E-state index in [0.717, 1.165) is 0 Å². The number of nitrogens with zero attached hydrogens (tertiary/aromatic N) is 2. The molecule has 1 aromatic carbocycles. The summed E-state index contributed by atoms with van der Waals surface area (Å²) in [7, 11) is 0. The summed E-state index contributed by atoms with van der Waals surface area (Å²) < 4.78 is 1.43. The van der Waals surface area contributed by atoms with E-state index >= 15 is 0 Å². The van der Waals surface area contributed by atoms with E-state index < -0.39 is 5.97 Å². The largest absolute Gasteiger partial charge is 0.478 e. The second kappa shape index (κ2) is 3.66. The Morgan fingerprint density at radius 3 is 2.83 bits per heavy atom. The maximum Gasteiger partial charge on any atom is 0.335 e. The summed E-state index contributed by atoms with van der Waals surface area (Å²) in [6.45, 7) is 0. The first kappa shape index (κ1) is 10.5. The van der Waals surface area contributed by atoms with E-state index in [2.05, 4.69) is 4.98 Å². The van der Waals surface area contributed by atoms with Crippen molar-refractivity contribution in [2.45, 2.75) is 0 Å². The zero-order valence-electron chi connectivity index (χ0n) is 9.20. The number of hydrogen-bond acceptors (Lipinski definition) is 3. The van der Waals surface area contributed by atoms with Gasteiger partial charge in [0.1, 0.15) is 5.65 Å². The normalized spacial score (nSPS) is 10.9. The third-order valence-electron chi connectivity index (χ3n) is 2.77. The molecule has 0 aliphatic rings. The highest BCUT2D eigenvalue weighted by Crippen LogP contribution is 2.12. The number of carboxylic acid groups (broad SMARTS) is 1. The smallest absolute Gasteiger partial charge is 0.335 e. The highest BCUT2D eigenvalue weighted by atomic mass is 16.4. The van der Waals surface area contributed by atoms with Gasteiger partial charge in [-0.15, -0.1) is 0 Å². The number of fused-ring (bicyclic) bond motifs is 2. The number of hydrogen-bond donors (Lipinski definition) is 1. The van der Waals surface area contributed by atoms with E-state index in [1.165, 1.54) is 22.6 Å². The Labute approximate surface area is 101 Å². The Morgan fingerprint density at radius 1 is 1.22 bits per heavy atom. The van der Waals surface area contributed by atoms with E-state index in [-0.39, 0.29) is 11.1 Å². The third-order valence-corrected chi connectivity index (χ3v) is 2.77. The van der Waals surface area contributed by atoms with E-state index in [1.54, 1.807) is 24.4 Å². The van der Waals surface area contributed by atoms with Crippen LogP contribution in [0.15, 0.2) is 47.4 Å². The number of benzene rings is 1. The second-order valence-corrected chi connectivity index (χ2v) is 3.88. The van der Waals surface area contributed by atoms with Gasteiger partial charge in [-0.3, -0.25) is 9.20 Å². The van der Waals surface area contributed by atoms with Gasteiger partial charge in [0.15, 0.2) is 0 Å². The molecule has 0 unspecified atom stereocenters. The minimum Gasteiger partial charge on any atom is -0.478 e. The van der Waals surface area contributed by atoms with Gasteiger partial charge in [0.2, 0.25) is 0 Å². The van der Waals surface area contributed by atoms with Crippen molar-refractivity contribution < 1.29 is 9.90 Å². The number of pyridine rings is 1. The molecule has 0 atom stereocenters. The van der Waals surface area contributed by atoms with Crippen LogP contribution in [0, 0.1) is 0 Å². The number of aromatic nitrogens is 2. The maximum absolute atomic E-state index is 12.1. The molecule has 0 aliphatic heterocycles. The summed E-state index contributed by atoms with van der Waals surface area (Å²) in [5, 5.41) is 9.32. The molecule has 2 heterocycles. The molecule has 2 aromatic heterocycles. The van der Waals surface area contributed by atoms with Crippen LogP contribution in [-0.2, 0) is 0 Å². The predicted molar refractivity (Wildman–Crippen MR) is 65.9 cm³/mol. The Balaban J connectivity index is 2.48. The minimum absolute atomic E-state index is 0.120. The quantitative estimate of drug-likeness (QED) is 0.655. The highest BCUT2D eigenvalue weighted by molar-refractivity contribution is 5.93. The standard InChI is InChI=1S/C13H8N2O3/c16-12-9-5-4-8(13(17)18)7-10(9)14-11-3-1-2-6-15(11)12/h1-7H,(H,17,18). The van der Waals surface area contributed by atoms with Crippen LogP contribution >= 0.6 is 0 Å². The molecule has 0 saturated carbocycles. The zero-order chi connectivity index (χ0) is 12.7. The van der Waals surface area contributed by atoms with Crippen LogP contribution in [0.5, 0.6) is 0 Å². The van der Waals surface area contributed by atoms with Gasteiger partial charge in [-0.25, -0.2) is 9.78 Å². The zero-order valence-corrected chi connectivity index (χ0v) is 9.20. The average molecular weight is 240 g/mol. The van der Waals surface area contributed by atoms with Gasteiger partial charge in [0.25, 0.3) is 5.56 Å². The van der Waals surface area contributed by atoms with Crippen molar-refractivity contribution in [3.05, 3.63) is 58.5 Å². The average Bonchev–Trinajstić information content (AvgIpc) is 2.38. The molecular weight excluding hydrogens is 232 g/mol. The third kappa shape index (κ3) is 1.45. The minimum atomic E-state index is -1.04. The maximum atomic E-state index is 12.1. The van der Waals surface area contributed by atoms with Crippen LogP contribution in [-0.4, -0.2) is 20.5 Å². The molecule has 1 N–H and O–H groups in total. The topological polar surface area (TPSA) is 71.7 Å². The second-order valence-electron chi connectivity index (χ2n) is 3.88. The summed E-state index contributed by atoms with van der Waals surface area (Å²) in [5.74, 6) is -1.04. The number of carboxylic acids is 1.